The van der Waals surface area contributed by atoms with Crippen molar-refractivity contribution < 1.29 is 0 Å². The number of hydrogen-bond acceptors (Lipinski definition) is 2. The van der Waals surface area contributed by atoms with E-state index >= 15 is 0 Å². The van der Waals surface area contributed by atoms with Crippen LogP contribution in [0.15, 0.2) is 36.4 Å². The summed E-state index contributed by atoms with van der Waals surface area (Å²) < 4.78 is 0. The Kier molecular flexibility index (Phi) is 6.24. The Morgan fingerprint density at radius 1 is 1.23 bits per heavy atom. The van der Waals surface area contributed by atoms with E-state index in [-0.39, 0.29) is 0 Å². The molecule has 0 atom stereocenters. The number of nitrogens with two attached hydrogens (primary N) is 1. The van der Waals surface area contributed by atoms with Gasteiger partial charge in [-0.15, -0.1) is 0 Å². The number of nitrogens with one attached hydrogen (secondary N) is 1. The van der Waals surface area contributed by atoms with Crippen LogP contribution in [0.3, 0.4) is 0 Å². The van der Waals surface area contributed by atoms with E-state index < -0.39 is 0 Å². The van der Waals surface area contributed by atoms with Gasteiger partial charge in [-0.1, -0.05) is 23.8 Å². The Labute approximate surface area is 79.6 Å². The van der Waals surface area contributed by atoms with Gasteiger partial charge in [0.15, 0.2) is 0 Å². The molecule has 0 unspecified atom stereocenters. The first-order chi connectivity index (χ1) is 6.20. The van der Waals surface area contributed by atoms with Gasteiger partial charge >= 0.3 is 0 Å². The highest BCUT2D eigenvalue weighted by molar-refractivity contribution is 5.67. The molecule has 1 aromatic rings. The molecule has 0 aliphatic heterocycles. The summed E-state index contributed by atoms with van der Waals surface area (Å²) in [5.74, 6) is 0. The number of allylic oxidation sites excluding steroid dienone is 2. The molecular formula is C11H16N2. The molecule has 0 amide bonds. The van der Waals surface area contributed by atoms with Crippen LogP contribution in [-0.4, -0.2) is 6.21 Å². The van der Waals surface area contributed by atoms with Crippen molar-refractivity contribution in [2.24, 2.45) is 0 Å². The zero-order valence-electron chi connectivity index (χ0n) is 8.12. The third-order valence-electron chi connectivity index (χ3n) is 1.37. The molecule has 70 valence electrons. The van der Waals surface area contributed by atoms with Crippen LogP contribution in [0, 0.1) is 12.3 Å². The van der Waals surface area contributed by atoms with Crippen LogP contribution in [-0.2, 0) is 0 Å². The van der Waals surface area contributed by atoms with Crippen molar-refractivity contribution in [3.63, 3.8) is 0 Å². The molecular weight excluding hydrogens is 160 g/mol. The predicted octanol–water partition coefficient (Wildman–Crippen LogP) is 2.79. The van der Waals surface area contributed by atoms with E-state index in [1.807, 2.05) is 44.2 Å². The first kappa shape index (κ1) is 11.4. The van der Waals surface area contributed by atoms with E-state index in [0.29, 0.717) is 0 Å². The minimum absolute atomic E-state index is 0.829. The third-order valence-corrected chi connectivity index (χ3v) is 1.37. The largest absolute Gasteiger partial charge is 0.399 e. The highest BCUT2D eigenvalue weighted by Crippen LogP contribution is 2.02. The van der Waals surface area contributed by atoms with Gasteiger partial charge in [0, 0.05) is 11.9 Å². The molecule has 0 heterocycles. The number of aryl methyl sites for hydroxylation is 1. The quantitative estimate of drug-likeness (QED) is 0.501. The first-order valence-electron chi connectivity index (χ1n) is 4.14. The van der Waals surface area contributed by atoms with Crippen molar-refractivity contribution in [3.8, 4) is 0 Å². The van der Waals surface area contributed by atoms with Crippen molar-refractivity contribution in [3.05, 3.63) is 42.0 Å². The molecule has 0 saturated carbocycles. The molecule has 0 saturated heterocycles. The molecule has 1 rings (SSSR count). The number of nitrogen functional groups attached to an aromatic ring is 1. The van der Waals surface area contributed by atoms with Crippen molar-refractivity contribution in [2.45, 2.75) is 13.8 Å². The monoisotopic (exact) mass is 176 g/mol. The van der Waals surface area contributed by atoms with Crippen molar-refractivity contribution >= 4 is 11.9 Å². The van der Waals surface area contributed by atoms with Crippen LogP contribution in [0.1, 0.15) is 12.5 Å². The van der Waals surface area contributed by atoms with Crippen molar-refractivity contribution in [1.82, 2.24) is 0 Å². The van der Waals surface area contributed by atoms with Gasteiger partial charge in [0.05, 0.1) is 0 Å². The summed E-state index contributed by atoms with van der Waals surface area (Å²) in [4.78, 5) is 0. The topological polar surface area (TPSA) is 49.9 Å². The minimum atomic E-state index is 0.829. The lowest BCUT2D eigenvalue weighted by Crippen LogP contribution is -1.81. The predicted molar refractivity (Wildman–Crippen MR) is 59.2 cm³/mol. The standard InChI is InChI=1S/C7H9N.C4H7N/c1-6-2-4-7(8)5-3-6;1-2-3-4-5/h2-5H,8H2,1H3;2-5H,1H3/b;3-2-,5-4?. The normalized spacial score (nSPS) is 9.08. The Balaban J connectivity index is 0.000000252. The van der Waals surface area contributed by atoms with Crippen molar-refractivity contribution in [1.29, 1.82) is 5.41 Å². The van der Waals surface area contributed by atoms with Gasteiger partial charge in [-0.3, -0.25) is 0 Å². The average Bonchev–Trinajstić information content (AvgIpc) is 2.13. The lowest BCUT2D eigenvalue weighted by Gasteiger charge is -1.90. The Hall–Kier alpha value is -1.57. The maximum atomic E-state index is 6.39. The summed E-state index contributed by atoms with van der Waals surface area (Å²) in [5.41, 5.74) is 7.51. The maximum Gasteiger partial charge on any atom is 0.0314 e. The Morgan fingerprint density at radius 2 is 1.77 bits per heavy atom. The molecule has 2 heteroatoms. The lowest BCUT2D eigenvalue weighted by atomic mass is 10.2. The van der Waals surface area contributed by atoms with E-state index in [4.69, 9.17) is 11.1 Å². The molecule has 0 fully saturated rings. The maximum absolute atomic E-state index is 6.39. The van der Waals surface area contributed by atoms with Gasteiger partial charge in [0.25, 0.3) is 0 Å². The summed E-state index contributed by atoms with van der Waals surface area (Å²) in [7, 11) is 0. The van der Waals surface area contributed by atoms with Gasteiger partial charge in [-0.05, 0) is 32.1 Å². The number of hydrogen-bond donors (Lipinski definition) is 2. The molecule has 0 radical (unpaired) electrons. The highest BCUT2D eigenvalue weighted by Gasteiger charge is 1.80. The van der Waals surface area contributed by atoms with Crippen LogP contribution >= 0.6 is 0 Å². The number of benzene rings is 1. The molecule has 0 aliphatic carbocycles. The van der Waals surface area contributed by atoms with Crippen LogP contribution in [0.2, 0.25) is 0 Å². The van der Waals surface area contributed by atoms with Gasteiger partial charge in [0.2, 0.25) is 0 Å². The second-order valence-corrected chi connectivity index (χ2v) is 2.60. The molecule has 1 aromatic carbocycles. The van der Waals surface area contributed by atoms with E-state index in [1.165, 1.54) is 11.8 Å². The van der Waals surface area contributed by atoms with Crippen molar-refractivity contribution in [2.75, 3.05) is 5.73 Å². The molecule has 2 nitrogen and oxygen atoms in total. The zero-order chi connectivity index (χ0) is 10.1. The third kappa shape index (κ3) is 6.81. The molecule has 3 N–H and O–H groups in total. The van der Waals surface area contributed by atoms with Gasteiger partial charge in [-0.25, -0.2) is 0 Å². The fourth-order valence-electron chi connectivity index (χ4n) is 0.663. The summed E-state index contributed by atoms with van der Waals surface area (Å²) in [6.07, 6.45) is 4.73. The van der Waals surface area contributed by atoms with Gasteiger partial charge in [0.1, 0.15) is 0 Å². The fourth-order valence-corrected chi connectivity index (χ4v) is 0.663. The van der Waals surface area contributed by atoms with Crippen LogP contribution in [0.5, 0.6) is 0 Å². The number of rotatable bonds is 1. The SMILES string of the molecule is C/C=C\C=N.Cc1ccc(N)cc1. The fraction of sp³-hybridized carbons (Fsp3) is 0.182. The second kappa shape index (κ2) is 7.10. The smallest absolute Gasteiger partial charge is 0.0314 e. The molecule has 0 aliphatic rings. The summed E-state index contributed by atoms with van der Waals surface area (Å²) in [6.45, 7) is 3.92. The lowest BCUT2D eigenvalue weighted by molar-refractivity contribution is 1.47. The molecule has 0 bridgehead atoms. The second-order valence-electron chi connectivity index (χ2n) is 2.60. The molecule has 0 aromatic heterocycles. The zero-order valence-corrected chi connectivity index (χ0v) is 8.12. The molecule has 13 heavy (non-hydrogen) atoms. The summed E-state index contributed by atoms with van der Waals surface area (Å²) >= 11 is 0. The van der Waals surface area contributed by atoms with Crippen LogP contribution in [0.25, 0.3) is 0 Å². The average molecular weight is 176 g/mol. The summed E-state index contributed by atoms with van der Waals surface area (Å²) in [6, 6.07) is 7.79. The van der Waals surface area contributed by atoms with Crippen LogP contribution < -0.4 is 5.73 Å². The van der Waals surface area contributed by atoms with E-state index in [0.717, 1.165) is 5.69 Å². The van der Waals surface area contributed by atoms with Gasteiger partial charge in [-0.2, -0.15) is 0 Å². The van der Waals surface area contributed by atoms with E-state index in [9.17, 15) is 0 Å². The first-order valence-corrected chi connectivity index (χ1v) is 4.14. The number of anilines is 1. The molecule has 0 spiro atoms. The minimum Gasteiger partial charge on any atom is -0.399 e. The highest BCUT2D eigenvalue weighted by atomic mass is 14.5. The van der Waals surface area contributed by atoms with Gasteiger partial charge < -0.3 is 11.1 Å². The van der Waals surface area contributed by atoms with Crippen LogP contribution in [0.4, 0.5) is 5.69 Å². The Morgan fingerprint density at radius 3 is 2.00 bits per heavy atom. The van der Waals surface area contributed by atoms with E-state index in [2.05, 4.69) is 0 Å². The Bertz CT molecular complexity index is 239. The van der Waals surface area contributed by atoms with E-state index in [1.54, 1.807) is 6.08 Å². The summed E-state index contributed by atoms with van der Waals surface area (Å²) in [5, 5.41) is 6.39.